The van der Waals surface area contributed by atoms with E-state index in [9.17, 15) is 19.5 Å². The lowest BCUT2D eigenvalue weighted by Gasteiger charge is -2.34. The number of ether oxygens (including phenoxy) is 1. The van der Waals surface area contributed by atoms with E-state index in [1.165, 1.54) is 6.08 Å². The molecule has 1 atom stereocenters. The molecule has 0 saturated heterocycles. The Labute approximate surface area is 197 Å². The minimum Gasteiger partial charge on any atom is -0.480 e. The van der Waals surface area contributed by atoms with Crippen molar-refractivity contribution in [3.05, 3.63) is 25.3 Å². The molecule has 2 amide bonds. The zero-order chi connectivity index (χ0) is 27.2. The molecule has 0 aromatic carbocycles. The Hall–Kier alpha value is -2.64. The van der Waals surface area contributed by atoms with E-state index >= 15 is 0 Å². The number of carbonyl (C=O) groups excluding carboxylic acids is 2. The van der Waals surface area contributed by atoms with Crippen molar-refractivity contribution in [1.29, 1.82) is 0 Å². The average molecular weight is 455 g/mol. The molecule has 8 heteroatoms. The van der Waals surface area contributed by atoms with E-state index in [-0.39, 0.29) is 6.42 Å². The van der Waals surface area contributed by atoms with Crippen LogP contribution in [0.3, 0.4) is 0 Å². The zero-order valence-electron chi connectivity index (χ0n) is 22.9. The monoisotopic (exact) mass is 454 g/mol. The Balaban J connectivity index is 6.22. The molecule has 0 aromatic heterocycles. The molecule has 0 aliphatic rings. The van der Waals surface area contributed by atoms with Crippen molar-refractivity contribution in [2.24, 2.45) is 4.99 Å². The second-order valence-electron chi connectivity index (χ2n) is 8.44. The van der Waals surface area contributed by atoms with Crippen molar-refractivity contribution in [2.75, 3.05) is 13.5 Å². The second-order valence-corrected chi connectivity index (χ2v) is 8.44. The minimum atomic E-state index is -3.00. The van der Waals surface area contributed by atoms with Crippen LogP contribution in [-0.4, -0.2) is 64.0 Å². The minimum absolute atomic E-state index is 0.0705. The maximum Gasteiger partial charge on any atom is 0.437 e. The summed E-state index contributed by atoms with van der Waals surface area (Å²) in [4.78, 5) is 42.7. The Kier molecular flexibility index (Phi) is 11.4. The molecule has 32 heavy (non-hydrogen) atoms. The van der Waals surface area contributed by atoms with Crippen LogP contribution in [0.25, 0.3) is 0 Å². The summed E-state index contributed by atoms with van der Waals surface area (Å²) in [6.45, 7) is 10.00. The number of carboxylic acid groups (broad SMARTS) is 1. The number of nitrogens with zero attached hydrogens (tertiary/aromatic N) is 3. The van der Waals surface area contributed by atoms with Gasteiger partial charge in [0.15, 0.2) is 0 Å². The van der Waals surface area contributed by atoms with Gasteiger partial charge in [0.05, 0.1) is 6.04 Å². The molecule has 0 aliphatic heterocycles. The van der Waals surface area contributed by atoms with Gasteiger partial charge in [-0.25, -0.2) is 4.79 Å². The Morgan fingerprint density at radius 2 is 1.78 bits per heavy atom. The Morgan fingerprint density at radius 3 is 2.28 bits per heavy atom. The van der Waals surface area contributed by atoms with Crippen LogP contribution in [0.15, 0.2) is 30.3 Å². The van der Waals surface area contributed by atoms with Crippen LogP contribution in [-0.2, 0) is 14.3 Å². The van der Waals surface area contributed by atoms with Crippen molar-refractivity contribution in [3.8, 4) is 0 Å². The normalized spacial score (nSPS) is 14.4. The van der Waals surface area contributed by atoms with E-state index in [0.717, 1.165) is 37.0 Å². The van der Waals surface area contributed by atoms with Gasteiger partial charge in [-0.15, -0.1) is 18.2 Å². The van der Waals surface area contributed by atoms with Crippen LogP contribution in [0.4, 0.5) is 4.79 Å². The fourth-order valence-corrected chi connectivity index (χ4v) is 2.93. The number of unbranched alkanes of at least 4 members (excludes halogenated alkanes) is 5. The highest BCUT2D eigenvalue weighted by Gasteiger charge is 2.30. The molecule has 0 saturated carbocycles. The van der Waals surface area contributed by atoms with Crippen LogP contribution in [0.1, 0.15) is 83.2 Å². The van der Waals surface area contributed by atoms with Crippen LogP contribution in [0, 0.1) is 0 Å². The molecule has 0 aromatic rings. The number of hydrogen-bond acceptors (Lipinski definition) is 4. The summed E-state index contributed by atoms with van der Waals surface area (Å²) in [6, 6.07) is -0.713. The SMILES string of the molecule is [2H]C([2H])([2H])N(CC(=O)O)C(=NC(=O)OC(C)(C)C)N(C(=O)CCCCCCCC=C)[C@H](C=C)CC. The fraction of sp³-hybridized carbons (Fsp3) is 0.667. The van der Waals surface area contributed by atoms with E-state index in [1.54, 1.807) is 27.7 Å². The number of hydrogen-bond donors (Lipinski definition) is 1. The van der Waals surface area contributed by atoms with Crippen LogP contribution >= 0.6 is 0 Å². The third kappa shape index (κ3) is 12.3. The van der Waals surface area contributed by atoms with Gasteiger partial charge in [0.1, 0.15) is 12.1 Å². The van der Waals surface area contributed by atoms with E-state index < -0.39 is 49.1 Å². The average Bonchev–Trinajstić information content (AvgIpc) is 2.71. The first kappa shape index (κ1) is 24.0. The highest BCUT2D eigenvalue weighted by atomic mass is 16.6. The number of guanidine groups is 1. The quantitative estimate of drug-likeness (QED) is 0.182. The fourth-order valence-electron chi connectivity index (χ4n) is 2.93. The number of aliphatic imine (C=N–C) groups is 1. The van der Waals surface area contributed by atoms with Crippen LogP contribution in [0.5, 0.6) is 0 Å². The molecule has 1 N–H and O–H groups in total. The van der Waals surface area contributed by atoms with Gasteiger partial charge in [-0.1, -0.05) is 38.3 Å². The number of likely N-dealkylation sites (N-methyl/N-ethyl adjacent to an activating group) is 1. The Bertz CT molecular complexity index is 760. The lowest BCUT2D eigenvalue weighted by Crippen LogP contribution is -2.51. The second kappa shape index (κ2) is 15.2. The summed E-state index contributed by atoms with van der Waals surface area (Å²) in [5.41, 5.74) is -0.938. The van der Waals surface area contributed by atoms with Gasteiger partial charge in [0, 0.05) is 17.5 Å². The van der Waals surface area contributed by atoms with Crippen molar-refractivity contribution in [1.82, 2.24) is 9.80 Å². The molecule has 0 spiro atoms. The van der Waals surface area contributed by atoms with E-state index in [2.05, 4.69) is 18.2 Å². The molecule has 0 unspecified atom stereocenters. The van der Waals surface area contributed by atoms with Gasteiger partial charge in [-0.05, 0) is 46.5 Å². The largest absolute Gasteiger partial charge is 0.480 e. The van der Waals surface area contributed by atoms with Gasteiger partial charge in [-0.2, -0.15) is 0 Å². The van der Waals surface area contributed by atoms with Crippen LogP contribution in [0.2, 0.25) is 0 Å². The number of aliphatic carboxylic acids is 1. The lowest BCUT2D eigenvalue weighted by molar-refractivity contribution is -0.138. The lowest BCUT2D eigenvalue weighted by atomic mass is 10.1. The molecule has 0 bridgehead atoms. The summed E-state index contributed by atoms with van der Waals surface area (Å²) < 4.78 is 28.8. The first-order valence-corrected chi connectivity index (χ1v) is 11.0. The molecule has 0 aliphatic carbocycles. The molecule has 0 radical (unpaired) electrons. The number of amides is 2. The molecule has 0 rings (SSSR count). The first-order chi connectivity index (χ1) is 16.2. The number of carboxylic acids is 1. The molecular weight excluding hydrogens is 410 g/mol. The van der Waals surface area contributed by atoms with Crippen LogP contribution < -0.4 is 0 Å². The predicted octanol–water partition coefficient (Wildman–Crippen LogP) is 5.00. The van der Waals surface area contributed by atoms with Crippen molar-refractivity contribution in [3.63, 3.8) is 0 Å². The molecular formula is C24H41N3O5. The molecule has 8 nitrogen and oxygen atoms in total. The zero-order valence-corrected chi connectivity index (χ0v) is 19.9. The summed E-state index contributed by atoms with van der Waals surface area (Å²) in [6.07, 6.45) is 7.80. The Morgan fingerprint density at radius 1 is 1.16 bits per heavy atom. The third-order valence-electron chi connectivity index (χ3n) is 4.42. The van der Waals surface area contributed by atoms with E-state index in [1.807, 2.05) is 6.08 Å². The highest BCUT2D eigenvalue weighted by Crippen LogP contribution is 2.16. The predicted molar refractivity (Wildman–Crippen MR) is 128 cm³/mol. The van der Waals surface area contributed by atoms with Gasteiger partial charge < -0.3 is 14.7 Å². The number of allylic oxidation sites excluding steroid dienone is 1. The smallest absolute Gasteiger partial charge is 0.437 e. The van der Waals surface area contributed by atoms with Crippen molar-refractivity contribution in [2.45, 2.75) is 90.7 Å². The summed E-state index contributed by atoms with van der Waals surface area (Å²) >= 11 is 0. The summed E-state index contributed by atoms with van der Waals surface area (Å²) in [7, 11) is 0. The maximum atomic E-state index is 13.3. The van der Waals surface area contributed by atoms with Gasteiger partial charge in [0.2, 0.25) is 11.9 Å². The van der Waals surface area contributed by atoms with Crippen molar-refractivity contribution < 1.29 is 28.3 Å². The molecule has 182 valence electrons. The van der Waals surface area contributed by atoms with Crippen molar-refractivity contribution >= 4 is 23.9 Å². The molecule has 0 heterocycles. The highest BCUT2D eigenvalue weighted by molar-refractivity contribution is 6.02. The standard InChI is InChI=1S/C24H41N3O5/c1-8-11-12-13-14-15-16-17-20(28)27(19(9-2)10-3)22(26(7)18-21(29)30)25-23(31)32-24(4,5)6/h8-9,19H,1-2,10-18H2,3-7H3,(H,29,30)/t19-/m1/s1/i7D3. The third-order valence-corrected chi connectivity index (χ3v) is 4.42. The topological polar surface area (TPSA) is 99.5 Å². The van der Waals surface area contributed by atoms with Gasteiger partial charge in [-0.3, -0.25) is 14.5 Å². The number of rotatable bonds is 13. The summed E-state index contributed by atoms with van der Waals surface area (Å²) in [5, 5.41) is 9.36. The number of carbonyl (C=O) groups is 3. The first-order valence-electron chi connectivity index (χ1n) is 12.5. The maximum absolute atomic E-state index is 13.3. The van der Waals surface area contributed by atoms with E-state index in [4.69, 9.17) is 8.85 Å². The van der Waals surface area contributed by atoms with Gasteiger partial charge in [0.25, 0.3) is 0 Å². The summed E-state index contributed by atoms with van der Waals surface area (Å²) in [5.74, 6) is -2.54. The van der Waals surface area contributed by atoms with E-state index in [0.29, 0.717) is 17.7 Å². The molecule has 0 fully saturated rings. The van der Waals surface area contributed by atoms with Gasteiger partial charge >= 0.3 is 12.1 Å².